The molecule has 0 heterocycles. The third kappa shape index (κ3) is 3.68. The maximum Gasteiger partial charge on any atom is 0.306 e. The van der Waals surface area contributed by atoms with Crippen LogP contribution in [0.3, 0.4) is 0 Å². The van der Waals surface area contributed by atoms with E-state index in [4.69, 9.17) is 4.74 Å². The summed E-state index contributed by atoms with van der Waals surface area (Å²) < 4.78 is 4.97. The number of benzene rings is 2. The van der Waals surface area contributed by atoms with Gasteiger partial charge in [0, 0.05) is 6.42 Å². The summed E-state index contributed by atoms with van der Waals surface area (Å²) in [5.74, 6) is -0.134. The Morgan fingerprint density at radius 1 is 1.00 bits per heavy atom. The molecule has 0 spiro atoms. The first-order valence-electron chi connectivity index (χ1n) is 6.60. The van der Waals surface area contributed by atoms with Crippen molar-refractivity contribution in [3.8, 4) is 11.1 Å². The zero-order chi connectivity index (χ0) is 13.5. The van der Waals surface area contributed by atoms with Crippen LogP contribution in [0, 0.1) is 0 Å². The highest BCUT2D eigenvalue weighted by Gasteiger charge is 2.07. The standard InChI is InChI=1S/C17H18O2/c1-2-19-17(18)13-12-15-10-6-7-11-16(15)14-8-4-3-5-9-14/h3-11H,2,12-13H2,1H3. The van der Waals surface area contributed by atoms with Gasteiger partial charge < -0.3 is 4.74 Å². The van der Waals surface area contributed by atoms with Crippen LogP contribution in [0.1, 0.15) is 18.9 Å². The van der Waals surface area contributed by atoms with E-state index in [9.17, 15) is 4.79 Å². The molecule has 2 aromatic rings. The van der Waals surface area contributed by atoms with Crippen molar-refractivity contribution >= 4 is 5.97 Å². The van der Waals surface area contributed by atoms with Gasteiger partial charge in [-0.3, -0.25) is 4.79 Å². The largest absolute Gasteiger partial charge is 0.466 e. The molecular formula is C17H18O2. The first-order valence-corrected chi connectivity index (χ1v) is 6.60. The molecule has 2 aromatic carbocycles. The fourth-order valence-corrected chi connectivity index (χ4v) is 2.11. The molecule has 0 aliphatic heterocycles. The first-order chi connectivity index (χ1) is 9.31. The molecule has 0 N–H and O–H groups in total. The predicted molar refractivity (Wildman–Crippen MR) is 76.8 cm³/mol. The van der Waals surface area contributed by atoms with Gasteiger partial charge in [0.15, 0.2) is 0 Å². The zero-order valence-electron chi connectivity index (χ0n) is 11.1. The minimum atomic E-state index is -0.134. The summed E-state index contributed by atoms with van der Waals surface area (Å²) in [6.07, 6.45) is 1.14. The van der Waals surface area contributed by atoms with Crippen molar-refractivity contribution in [2.24, 2.45) is 0 Å². The van der Waals surface area contributed by atoms with E-state index in [1.54, 1.807) is 0 Å². The summed E-state index contributed by atoms with van der Waals surface area (Å²) >= 11 is 0. The third-order valence-electron chi connectivity index (χ3n) is 3.01. The van der Waals surface area contributed by atoms with Gasteiger partial charge in [-0.05, 0) is 30.0 Å². The van der Waals surface area contributed by atoms with Crippen molar-refractivity contribution in [3.63, 3.8) is 0 Å². The second kappa shape index (κ2) is 6.74. The summed E-state index contributed by atoms with van der Waals surface area (Å²) in [5, 5.41) is 0. The second-order valence-corrected chi connectivity index (χ2v) is 4.33. The highest BCUT2D eigenvalue weighted by Crippen LogP contribution is 2.24. The number of carbonyl (C=O) groups is 1. The van der Waals surface area contributed by atoms with Crippen molar-refractivity contribution in [3.05, 3.63) is 60.2 Å². The minimum absolute atomic E-state index is 0.134. The minimum Gasteiger partial charge on any atom is -0.466 e. The number of ether oxygens (including phenoxy) is 1. The summed E-state index contributed by atoms with van der Waals surface area (Å²) in [5.41, 5.74) is 3.55. The average Bonchev–Trinajstić information content (AvgIpc) is 2.47. The molecule has 0 bridgehead atoms. The Morgan fingerprint density at radius 2 is 1.68 bits per heavy atom. The van der Waals surface area contributed by atoms with Crippen molar-refractivity contribution in [1.82, 2.24) is 0 Å². The zero-order valence-corrected chi connectivity index (χ0v) is 11.1. The van der Waals surface area contributed by atoms with Crippen LogP contribution < -0.4 is 0 Å². The lowest BCUT2D eigenvalue weighted by Gasteiger charge is -2.09. The molecule has 19 heavy (non-hydrogen) atoms. The molecular weight excluding hydrogens is 236 g/mol. The SMILES string of the molecule is CCOC(=O)CCc1ccccc1-c1ccccc1. The number of carbonyl (C=O) groups excluding carboxylic acids is 1. The van der Waals surface area contributed by atoms with E-state index in [2.05, 4.69) is 24.3 Å². The lowest BCUT2D eigenvalue weighted by atomic mass is 9.97. The molecule has 0 fully saturated rings. The van der Waals surface area contributed by atoms with Gasteiger partial charge in [-0.15, -0.1) is 0 Å². The molecule has 98 valence electrons. The quantitative estimate of drug-likeness (QED) is 0.757. The van der Waals surface area contributed by atoms with Gasteiger partial charge in [-0.2, -0.15) is 0 Å². The predicted octanol–water partition coefficient (Wildman–Crippen LogP) is 3.85. The Balaban J connectivity index is 2.15. The van der Waals surface area contributed by atoms with E-state index in [0.717, 1.165) is 0 Å². The first kappa shape index (κ1) is 13.3. The number of hydrogen-bond acceptors (Lipinski definition) is 2. The maximum absolute atomic E-state index is 11.4. The second-order valence-electron chi connectivity index (χ2n) is 4.33. The van der Waals surface area contributed by atoms with Gasteiger partial charge in [0.05, 0.1) is 6.61 Å². The average molecular weight is 254 g/mol. The highest BCUT2D eigenvalue weighted by molar-refractivity contribution is 5.72. The van der Waals surface area contributed by atoms with Crippen molar-refractivity contribution in [1.29, 1.82) is 0 Å². The van der Waals surface area contributed by atoms with Crippen LogP contribution in [-0.4, -0.2) is 12.6 Å². The topological polar surface area (TPSA) is 26.3 Å². The van der Waals surface area contributed by atoms with Crippen LogP contribution in [0.15, 0.2) is 54.6 Å². The lowest BCUT2D eigenvalue weighted by molar-refractivity contribution is -0.143. The van der Waals surface area contributed by atoms with Crippen LogP contribution in [0.4, 0.5) is 0 Å². The number of hydrogen-bond donors (Lipinski definition) is 0. The molecule has 0 amide bonds. The molecule has 0 saturated carbocycles. The van der Waals surface area contributed by atoms with Crippen LogP contribution in [0.5, 0.6) is 0 Å². The van der Waals surface area contributed by atoms with Gasteiger partial charge in [-0.25, -0.2) is 0 Å². The third-order valence-corrected chi connectivity index (χ3v) is 3.01. The van der Waals surface area contributed by atoms with Gasteiger partial charge in [-0.1, -0.05) is 54.6 Å². The van der Waals surface area contributed by atoms with E-state index in [1.165, 1.54) is 16.7 Å². The Kier molecular flexibility index (Phi) is 4.73. The van der Waals surface area contributed by atoms with Crippen LogP contribution >= 0.6 is 0 Å². The number of rotatable bonds is 5. The Bertz CT molecular complexity index is 532. The Morgan fingerprint density at radius 3 is 2.42 bits per heavy atom. The highest BCUT2D eigenvalue weighted by atomic mass is 16.5. The fraction of sp³-hybridized carbons (Fsp3) is 0.235. The molecule has 0 unspecified atom stereocenters. The Hall–Kier alpha value is -2.09. The van der Waals surface area contributed by atoms with Crippen molar-refractivity contribution in [2.75, 3.05) is 6.61 Å². The summed E-state index contributed by atoms with van der Waals surface area (Å²) in [4.78, 5) is 11.4. The molecule has 0 atom stereocenters. The summed E-state index contributed by atoms with van der Waals surface area (Å²) in [7, 11) is 0. The molecule has 0 radical (unpaired) electrons. The summed E-state index contributed by atoms with van der Waals surface area (Å²) in [6, 6.07) is 18.4. The van der Waals surface area contributed by atoms with Crippen molar-refractivity contribution < 1.29 is 9.53 Å². The van der Waals surface area contributed by atoms with Gasteiger partial charge in [0.1, 0.15) is 0 Å². The fourth-order valence-electron chi connectivity index (χ4n) is 2.11. The van der Waals surface area contributed by atoms with E-state index < -0.39 is 0 Å². The molecule has 0 aromatic heterocycles. The van der Waals surface area contributed by atoms with E-state index in [-0.39, 0.29) is 5.97 Å². The van der Waals surface area contributed by atoms with Gasteiger partial charge in [0.25, 0.3) is 0 Å². The van der Waals surface area contributed by atoms with Crippen LogP contribution in [0.25, 0.3) is 11.1 Å². The molecule has 2 heteroatoms. The van der Waals surface area contributed by atoms with E-state index in [1.807, 2.05) is 37.3 Å². The van der Waals surface area contributed by atoms with E-state index in [0.29, 0.717) is 19.4 Å². The van der Waals surface area contributed by atoms with Crippen LogP contribution in [-0.2, 0) is 16.0 Å². The van der Waals surface area contributed by atoms with Crippen LogP contribution in [0.2, 0.25) is 0 Å². The maximum atomic E-state index is 11.4. The Labute approximate surface area is 114 Å². The smallest absolute Gasteiger partial charge is 0.306 e. The molecule has 2 rings (SSSR count). The normalized spacial score (nSPS) is 10.2. The van der Waals surface area contributed by atoms with E-state index >= 15 is 0 Å². The molecule has 0 saturated heterocycles. The monoisotopic (exact) mass is 254 g/mol. The van der Waals surface area contributed by atoms with Gasteiger partial charge >= 0.3 is 5.97 Å². The van der Waals surface area contributed by atoms with Gasteiger partial charge in [0.2, 0.25) is 0 Å². The summed E-state index contributed by atoms with van der Waals surface area (Å²) in [6.45, 7) is 2.27. The van der Waals surface area contributed by atoms with Crippen molar-refractivity contribution in [2.45, 2.75) is 19.8 Å². The number of esters is 1. The molecule has 0 aliphatic carbocycles. The molecule has 2 nitrogen and oxygen atoms in total. The lowest BCUT2D eigenvalue weighted by Crippen LogP contribution is -2.05. The number of aryl methyl sites for hydroxylation is 1. The molecule has 0 aliphatic rings.